The molecule has 1 heterocycles. The van der Waals surface area contributed by atoms with Crippen molar-refractivity contribution in [2.45, 2.75) is 6.92 Å². The molecule has 0 spiro atoms. The molecular formula is C6H9NOS. The van der Waals surface area contributed by atoms with Crippen molar-refractivity contribution in [3.05, 3.63) is 21.9 Å². The number of aldehydes is 1. The molecule has 0 aliphatic heterocycles. The molecule has 1 aromatic rings. The van der Waals surface area contributed by atoms with E-state index in [1.165, 1.54) is 0 Å². The Kier molecular flexibility index (Phi) is 3.12. The van der Waals surface area contributed by atoms with Crippen molar-refractivity contribution in [3.8, 4) is 0 Å². The largest absolute Gasteiger partial charge is 0.344 e. The molecule has 9 heavy (non-hydrogen) atoms. The molecule has 1 aromatic heterocycles. The van der Waals surface area contributed by atoms with Gasteiger partial charge in [0.15, 0.2) is 6.29 Å². The Hall–Kier alpha value is -0.670. The molecule has 0 fully saturated rings. The molecule has 50 valence electrons. The summed E-state index contributed by atoms with van der Waals surface area (Å²) in [6.07, 6.45) is 0.881. The maximum Gasteiger partial charge on any atom is 0.151 e. The summed E-state index contributed by atoms with van der Waals surface area (Å²) in [4.78, 5) is 11.2. The van der Waals surface area contributed by atoms with Crippen molar-refractivity contribution in [3.63, 3.8) is 0 Å². The normalized spacial score (nSPS) is 8.11. The van der Waals surface area contributed by atoms with E-state index in [0.717, 1.165) is 16.7 Å². The second-order valence-corrected chi connectivity index (χ2v) is 2.67. The first kappa shape index (κ1) is 8.33. The van der Waals surface area contributed by atoms with Gasteiger partial charge in [-0.15, -0.1) is 11.3 Å². The third-order valence-corrected chi connectivity index (χ3v) is 1.89. The van der Waals surface area contributed by atoms with Crippen LogP contribution in [0.5, 0.6) is 0 Å². The highest BCUT2D eigenvalue weighted by molar-refractivity contribution is 7.10. The smallest absolute Gasteiger partial charge is 0.151 e. The number of rotatable bonds is 1. The highest BCUT2D eigenvalue weighted by Gasteiger charge is 1.93. The fourth-order valence-electron chi connectivity index (χ4n) is 0.517. The average Bonchev–Trinajstić information content (AvgIpc) is 2.14. The first-order valence-corrected chi connectivity index (χ1v) is 3.22. The maximum atomic E-state index is 10.1. The van der Waals surface area contributed by atoms with Gasteiger partial charge in [-0.2, -0.15) is 0 Å². The summed E-state index contributed by atoms with van der Waals surface area (Å²) >= 11 is 1.60. The fourth-order valence-corrected chi connectivity index (χ4v) is 1.19. The summed E-state index contributed by atoms with van der Waals surface area (Å²) in [6, 6.07) is 1.83. The molecule has 0 radical (unpaired) electrons. The van der Waals surface area contributed by atoms with Gasteiger partial charge in [0.1, 0.15) is 0 Å². The minimum atomic E-state index is 0. The lowest BCUT2D eigenvalue weighted by molar-refractivity contribution is 0.112. The SMILES string of the molecule is Cc1sccc1C=O.N. The number of carbonyl (C=O) groups is 1. The molecule has 2 nitrogen and oxygen atoms in total. The maximum absolute atomic E-state index is 10.1. The topological polar surface area (TPSA) is 52.1 Å². The Morgan fingerprint density at radius 3 is 2.56 bits per heavy atom. The lowest BCUT2D eigenvalue weighted by Gasteiger charge is -1.79. The van der Waals surface area contributed by atoms with Crippen molar-refractivity contribution >= 4 is 17.6 Å². The Morgan fingerprint density at radius 2 is 2.33 bits per heavy atom. The summed E-state index contributed by atoms with van der Waals surface area (Å²) in [5, 5.41) is 1.92. The van der Waals surface area contributed by atoms with E-state index in [9.17, 15) is 4.79 Å². The summed E-state index contributed by atoms with van der Waals surface area (Å²) in [5.41, 5.74) is 0.815. The summed E-state index contributed by atoms with van der Waals surface area (Å²) < 4.78 is 0. The summed E-state index contributed by atoms with van der Waals surface area (Å²) in [7, 11) is 0. The van der Waals surface area contributed by atoms with Crippen LogP contribution < -0.4 is 6.15 Å². The number of hydrogen-bond acceptors (Lipinski definition) is 3. The van der Waals surface area contributed by atoms with E-state index in [1.54, 1.807) is 11.3 Å². The highest BCUT2D eigenvalue weighted by Crippen LogP contribution is 2.11. The Balaban J connectivity index is 0.000000640. The van der Waals surface area contributed by atoms with Gasteiger partial charge in [0.25, 0.3) is 0 Å². The lowest BCUT2D eigenvalue weighted by atomic mass is 10.3. The van der Waals surface area contributed by atoms with E-state index in [0.29, 0.717) is 0 Å². The van der Waals surface area contributed by atoms with Crippen LogP contribution in [0.2, 0.25) is 0 Å². The van der Waals surface area contributed by atoms with Gasteiger partial charge >= 0.3 is 0 Å². The van der Waals surface area contributed by atoms with Crippen LogP contribution in [0.25, 0.3) is 0 Å². The van der Waals surface area contributed by atoms with Gasteiger partial charge in [-0.05, 0) is 18.4 Å². The molecule has 3 heteroatoms. The average molecular weight is 143 g/mol. The predicted octanol–water partition coefficient (Wildman–Crippen LogP) is 2.03. The highest BCUT2D eigenvalue weighted by atomic mass is 32.1. The fraction of sp³-hybridized carbons (Fsp3) is 0.167. The van der Waals surface area contributed by atoms with Crippen molar-refractivity contribution < 1.29 is 4.79 Å². The quantitative estimate of drug-likeness (QED) is 0.611. The molecule has 0 aliphatic rings. The van der Waals surface area contributed by atoms with Crippen LogP contribution in [0.4, 0.5) is 0 Å². The molecule has 1 rings (SSSR count). The molecule has 0 saturated carbocycles. The van der Waals surface area contributed by atoms with Crippen LogP contribution in [0.3, 0.4) is 0 Å². The standard InChI is InChI=1S/C6H6OS.H3N/c1-5-6(4-7)2-3-8-5;/h2-4H,1H3;1H3. The van der Waals surface area contributed by atoms with Gasteiger partial charge in [0.2, 0.25) is 0 Å². The molecule has 3 N–H and O–H groups in total. The van der Waals surface area contributed by atoms with Gasteiger partial charge in [0.05, 0.1) is 0 Å². The second-order valence-electron chi connectivity index (χ2n) is 1.55. The van der Waals surface area contributed by atoms with Gasteiger partial charge in [0, 0.05) is 10.4 Å². The van der Waals surface area contributed by atoms with E-state index >= 15 is 0 Å². The Labute approximate surface area is 58.1 Å². The molecular weight excluding hydrogens is 134 g/mol. The van der Waals surface area contributed by atoms with E-state index in [2.05, 4.69) is 0 Å². The second kappa shape index (κ2) is 3.37. The van der Waals surface area contributed by atoms with Crippen LogP contribution in [-0.4, -0.2) is 6.29 Å². The van der Waals surface area contributed by atoms with Crippen LogP contribution in [-0.2, 0) is 0 Å². The molecule has 0 amide bonds. The first-order valence-electron chi connectivity index (χ1n) is 2.34. The lowest BCUT2D eigenvalue weighted by Crippen LogP contribution is -1.73. The van der Waals surface area contributed by atoms with Crippen LogP contribution >= 0.6 is 11.3 Å². The molecule has 0 unspecified atom stereocenters. The zero-order valence-corrected chi connectivity index (χ0v) is 6.07. The monoisotopic (exact) mass is 143 g/mol. The van der Waals surface area contributed by atoms with Crippen molar-refractivity contribution in [2.24, 2.45) is 0 Å². The van der Waals surface area contributed by atoms with E-state index in [-0.39, 0.29) is 6.15 Å². The predicted molar refractivity (Wildman–Crippen MR) is 39.5 cm³/mol. The van der Waals surface area contributed by atoms with Crippen molar-refractivity contribution in [1.29, 1.82) is 0 Å². The third kappa shape index (κ3) is 1.62. The van der Waals surface area contributed by atoms with E-state index < -0.39 is 0 Å². The van der Waals surface area contributed by atoms with Gasteiger partial charge in [-0.1, -0.05) is 0 Å². The first-order chi connectivity index (χ1) is 3.84. The summed E-state index contributed by atoms with van der Waals surface area (Å²) in [6.45, 7) is 1.94. The Morgan fingerprint density at radius 1 is 1.67 bits per heavy atom. The van der Waals surface area contributed by atoms with E-state index in [4.69, 9.17) is 0 Å². The molecule has 0 bridgehead atoms. The van der Waals surface area contributed by atoms with Crippen LogP contribution in [0.15, 0.2) is 11.4 Å². The van der Waals surface area contributed by atoms with Crippen LogP contribution in [0.1, 0.15) is 15.2 Å². The minimum absolute atomic E-state index is 0. The number of aryl methyl sites for hydroxylation is 1. The Bertz CT molecular complexity index is 195. The van der Waals surface area contributed by atoms with Crippen molar-refractivity contribution in [1.82, 2.24) is 6.15 Å². The minimum Gasteiger partial charge on any atom is -0.344 e. The van der Waals surface area contributed by atoms with E-state index in [1.807, 2.05) is 18.4 Å². The van der Waals surface area contributed by atoms with Crippen molar-refractivity contribution in [2.75, 3.05) is 0 Å². The number of carbonyl (C=O) groups excluding carboxylic acids is 1. The zero-order chi connectivity index (χ0) is 5.98. The molecule has 0 atom stereocenters. The number of thiophene rings is 1. The van der Waals surface area contributed by atoms with Gasteiger partial charge < -0.3 is 6.15 Å². The molecule has 0 saturated heterocycles. The third-order valence-electron chi connectivity index (χ3n) is 1.03. The van der Waals surface area contributed by atoms with Gasteiger partial charge in [-0.3, -0.25) is 4.79 Å². The van der Waals surface area contributed by atoms with Crippen LogP contribution in [0, 0.1) is 6.92 Å². The zero-order valence-electron chi connectivity index (χ0n) is 5.26. The molecule has 0 aromatic carbocycles. The van der Waals surface area contributed by atoms with Gasteiger partial charge in [-0.25, -0.2) is 0 Å². The molecule has 0 aliphatic carbocycles. The number of hydrogen-bond donors (Lipinski definition) is 1. The summed E-state index contributed by atoms with van der Waals surface area (Å²) in [5.74, 6) is 0.